The molecule has 3 rings (SSSR count). The highest BCUT2D eigenvalue weighted by Gasteiger charge is 2.48. The van der Waals surface area contributed by atoms with Crippen LogP contribution in [0, 0.1) is 11.8 Å². The molecule has 3 aliphatic heterocycles. The number of hydrogen-bond acceptors (Lipinski definition) is 6. The summed E-state index contributed by atoms with van der Waals surface area (Å²) in [5.74, 6) is -1.23. The molecule has 4 unspecified atom stereocenters. The Kier molecular flexibility index (Phi) is 4.71. The highest BCUT2D eigenvalue weighted by atomic mass is 16.6. The maximum absolute atomic E-state index is 12.6. The highest BCUT2D eigenvalue weighted by molar-refractivity contribution is 5.89. The number of allylic oxidation sites excluding steroid dienone is 1. The lowest BCUT2D eigenvalue weighted by molar-refractivity contribution is -0.172. The summed E-state index contributed by atoms with van der Waals surface area (Å²) in [5.41, 5.74) is -1.12. The Morgan fingerprint density at radius 2 is 2.00 bits per heavy atom. The second-order valence-corrected chi connectivity index (χ2v) is 7.47. The Morgan fingerprint density at radius 3 is 2.71 bits per heavy atom. The fourth-order valence-electron chi connectivity index (χ4n) is 4.11. The van der Waals surface area contributed by atoms with Crippen molar-refractivity contribution in [1.29, 1.82) is 0 Å². The van der Waals surface area contributed by atoms with E-state index in [-0.39, 0.29) is 37.1 Å². The molecule has 3 aliphatic rings. The first-order chi connectivity index (χ1) is 11.3. The molecule has 6 nitrogen and oxygen atoms in total. The predicted molar refractivity (Wildman–Crippen MR) is 87.1 cm³/mol. The van der Waals surface area contributed by atoms with Gasteiger partial charge in [0, 0.05) is 18.0 Å². The number of nitrogens with zero attached hydrogens (tertiary/aromatic N) is 1. The average Bonchev–Trinajstić information content (AvgIpc) is 3.12. The van der Waals surface area contributed by atoms with Crippen LogP contribution in [0.3, 0.4) is 0 Å². The number of carbonyl (C=O) groups is 2. The molecule has 0 aromatic heterocycles. The molecule has 0 aromatic rings. The molecular weight excluding hydrogens is 310 g/mol. The van der Waals surface area contributed by atoms with Crippen molar-refractivity contribution in [2.24, 2.45) is 11.8 Å². The molecule has 6 heteroatoms. The van der Waals surface area contributed by atoms with Crippen molar-refractivity contribution >= 4 is 11.9 Å². The highest BCUT2D eigenvalue weighted by Crippen LogP contribution is 2.36. The molecule has 3 saturated heterocycles. The Hall–Kier alpha value is -1.40. The largest absolute Gasteiger partial charge is 0.463 e. The van der Waals surface area contributed by atoms with Gasteiger partial charge in [-0.15, -0.1) is 0 Å². The second kappa shape index (κ2) is 6.48. The lowest BCUT2D eigenvalue weighted by Gasteiger charge is -2.32. The minimum Gasteiger partial charge on any atom is -0.463 e. The van der Waals surface area contributed by atoms with Gasteiger partial charge in [0.2, 0.25) is 0 Å². The smallest absolute Gasteiger partial charge is 0.338 e. The normalized spacial score (nSPS) is 42.9. The summed E-state index contributed by atoms with van der Waals surface area (Å²) in [6, 6.07) is 0.113. The van der Waals surface area contributed by atoms with Gasteiger partial charge >= 0.3 is 11.9 Å². The minimum atomic E-state index is -1.62. The number of rotatable bonds is 0. The number of carbonyl (C=O) groups excluding carboxylic acids is 2. The summed E-state index contributed by atoms with van der Waals surface area (Å²) < 4.78 is 11.3. The van der Waals surface area contributed by atoms with E-state index < -0.39 is 17.5 Å². The van der Waals surface area contributed by atoms with E-state index in [1.807, 2.05) is 0 Å². The van der Waals surface area contributed by atoms with Gasteiger partial charge in [-0.05, 0) is 45.6 Å². The van der Waals surface area contributed by atoms with E-state index in [9.17, 15) is 14.7 Å². The zero-order chi connectivity index (χ0) is 17.5. The number of aliphatic hydroxyl groups is 1. The van der Waals surface area contributed by atoms with Crippen LogP contribution in [-0.2, 0) is 19.1 Å². The Morgan fingerprint density at radius 1 is 1.29 bits per heavy atom. The summed E-state index contributed by atoms with van der Waals surface area (Å²) in [7, 11) is 0. The van der Waals surface area contributed by atoms with Gasteiger partial charge < -0.3 is 14.6 Å². The van der Waals surface area contributed by atoms with Gasteiger partial charge in [-0.25, -0.2) is 9.59 Å². The molecule has 0 saturated carbocycles. The van der Waals surface area contributed by atoms with E-state index in [1.54, 1.807) is 19.9 Å². The Balaban J connectivity index is 1.89. The fourth-order valence-corrected chi connectivity index (χ4v) is 4.11. The topological polar surface area (TPSA) is 76.1 Å². The molecular formula is C18H27NO5. The molecule has 0 bridgehead atoms. The molecule has 24 heavy (non-hydrogen) atoms. The van der Waals surface area contributed by atoms with Crippen LogP contribution in [0.15, 0.2) is 11.6 Å². The summed E-state index contributed by atoms with van der Waals surface area (Å²) in [5, 5.41) is 10.6. The van der Waals surface area contributed by atoms with Crippen LogP contribution >= 0.6 is 0 Å². The Bertz CT molecular complexity index is 556. The maximum atomic E-state index is 12.6. The van der Waals surface area contributed by atoms with Gasteiger partial charge in [-0.1, -0.05) is 13.0 Å². The van der Waals surface area contributed by atoms with Crippen molar-refractivity contribution in [2.75, 3.05) is 19.7 Å². The van der Waals surface area contributed by atoms with Gasteiger partial charge in [-0.2, -0.15) is 0 Å². The van der Waals surface area contributed by atoms with E-state index >= 15 is 0 Å². The zero-order valence-electron chi connectivity index (χ0n) is 14.7. The monoisotopic (exact) mass is 337 g/mol. The third kappa shape index (κ3) is 2.97. The molecule has 134 valence electrons. The van der Waals surface area contributed by atoms with E-state index in [2.05, 4.69) is 4.90 Å². The van der Waals surface area contributed by atoms with Gasteiger partial charge in [-0.3, -0.25) is 4.90 Å². The first-order valence-corrected chi connectivity index (χ1v) is 8.84. The molecule has 5 atom stereocenters. The quantitative estimate of drug-likeness (QED) is 0.530. The minimum absolute atomic E-state index is 0.113. The van der Waals surface area contributed by atoms with E-state index in [1.165, 1.54) is 6.92 Å². The Labute approximate surface area is 142 Å². The summed E-state index contributed by atoms with van der Waals surface area (Å²) >= 11 is 0. The number of hydrogen-bond donors (Lipinski definition) is 1. The van der Waals surface area contributed by atoms with Crippen molar-refractivity contribution in [3.63, 3.8) is 0 Å². The lowest BCUT2D eigenvalue weighted by Crippen LogP contribution is -2.46. The van der Waals surface area contributed by atoms with Crippen molar-refractivity contribution < 1.29 is 24.2 Å². The first-order valence-electron chi connectivity index (χ1n) is 8.84. The van der Waals surface area contributed by atoms with E-state index in [4.69, 9.17) is 9.47 Å². The van der Waals surface area contributed by atoms with Crippen molar-refractivity contribution in [2.45, 2.75) is 57.8 Å². The summed E-state index contributed by atoms with van der Waals surface area (Å²) in [4.78, 5) is 27.3. The standard InChI is InChI=1S/C18H27NO5/c1-4-12-9-11(2)18(3,22)17(21)23-10-13-5-7-19-8-6-14(15(13)19)24-16(12)20/h4,11,13-15,22H,5-10H2,1-3H3/b12-4+/t11?,13-,14?,15?,18?/m1/s1. The van der Waals surface area contributed by atoms with Gasteiger partial charge in [0.1, 0.15) is 6.10 Å². The van der Waals surface area contributed by atoms with Crippen LogP contribution in [0.25, 0.3) is 0 Å². The molecule has 1 N–H and O–H groups in total. The van der Waals surface area contributed by atoms with E-state index in [0.29, 0.717) is 5.57 Å². The van der Waals surface area contributed by atoms with Crippen molar-refractivity contribution in [3.8, 4) is 0 Å². The molecule has 3 heterocycles. The molecule has 0 aliphatic carbocycles. The number of cyclic esters (lactones) is 1. The van der Waals surface area contributed by atoms with Crippen LogP contribution in [0.2, 0.25) is 0 Å². The van der Waals surface area contributed by atoms with Gasteiger partial charge in [0.15, 0.2) is 5.60 Å². The molecule has 0 amide bonds. The third-order valence-electron chi connectivity index (χ3n) is 5.97. The predicted octanol–water partition coefficient (Wildman–Crippen LogP) is 1.27. The van der Waals surface area contributed by atoms with Crippen molar-refractivity contribution in [1.82, 2.24) is 4.90 Å². The first kappa shape index (κ1) is 17.4. The van der Waals surface area contributed by atoms with Crippen LogP contribution in [0.4, 0.5) is 0 Å². The molecule has 3 fully saturated rings. The number of ether oxygens (including phenoxy) is 2. The molecule has 0 aromatic carbocycles. The summed E-state index contributed by atoms with van der Waals surface area (Å²) in [6.07, 6.45) is 3.59. The van der Waals surface area contributed by atoms with Crippen LogP contribution in [0.5, 0.6) is 0 Å². The maximum Gasteiger partial charge on any atom is 0.338 e. The third-order valence-corrected chi connectivity index (χ3v) is 5.97. The van der Waals surface area contributed by atoms with Crippen LogP contribution < -0.4 is 0 Å². The van der Waals surface area contributed by atoms with E-state index in [0.717, 1.165) is 25.9 Å². The molecule has 0 radical (unpaired) electrons. The fraction of sp³-hybridized carbons (Fsp3) is 0.778. The summed E-state index contributed by atoms with van der Waals surface area (Å²) in [6.45, 7) is 7.11. The van der Waals surface area contributed by atoms with Gasteiger partial charge in [0.25, 0.3) is 0 Å². The van der Waals surface area contributed by atoms with Crippen molar-refractivity contribution in [3.05, 3.63) is 11.6 Å². The lowest BCUT2D eigenvalue weighted by atomic mass is 9.85. The average molecular weight is 337 g/mol. The van der Waals surface area contributed by atoms with Gasteiger partial charge in [0.05, 0.1) is 12.6 Å². The molecule has 0 spiro atoms. The van der Waals surface area contributed by atoms with Crippen LogP contribution in [0.1, 0.15) is 40.0 Å². The number of esters is 2. The zero-order valence-corrected chi connectivity index (χ0v) is 14.7. The SMILES string of the molecule is C/C=C1\CC(C)C(C)(O)C(=O)OC[C@H]2CCN3CCC(OC1=O)C23. The van der Waals surface area contributed by atoms with Crippen LogP contribution in [-0.4, -0.2) is 59.4 Å². The second-order valence-electron chi connectivity index (χ2n) is 7.47.